The van der Waals surface area contributed by atoms with Crippen LogP contribution >= 0.6 is 11.6 Å². The number of methoxy groups -OCH3 is 1. The molecule has 0 saturated carbocycles. The van der Waals surface area contributed by atoms with Gasteiger partial charge in [-0.2, -0.15) is 0 Å². The number of halogens is 1. The smallest absolute Gasteiger partial charge is 0.118 e. The predicted molar refractivity (Wildman–Crippen MR) is 77.4 cm³/mol. The Morgan fingerprint density at radius 1 is 1.16 bits per heavy atom. The number of nitrogens with zero attached hydrogens (tertiary/aromatic N) is 2. The van der Waals surface area contributed by atoms with Crippen LogP contribution in [-0.2, 0) is 13.1 Å². The average Bonchev–Trinajstić information content (AvgIpc) is 2.39. The highest BCUT2D eigenvalue weighted by molar-refractivity contribution is 6.30. The van der Waals surface area contributed by atoms with E-state index in [9.17, 15) is 0 Å². The Bertz CT molecular complexity index is 528. The molecule has 1 aromatic heterocycles. The summed E-state index contributed by atoms with van der Waals surface area (Å²) in [7, 11) is 3.73. The molecule has 0 fully saturated rings. The molecule has 0 radical (unpaired) electrons. The van der Waals surface area contributed by atoms with Gasteiger partial charge in [-0.25, -0.2) is 0 Å². The maximum Gasteiger partial charge on any atom is 0.118 e. The molecule has 0 bridgehead atoms. The molecule has 0 spiro atoms. The molecule has 0 aliphatic rings. The van der Waals surface area contributed by atoms with Crippen molar-refractivity contribution < 1.29 is 4.74 Å². The molecular formula is C15H17ClN2O. The molecule has 0 aliphatic heterocycles. The van der Waals surface area contributed by atoms with Crippen molar-refractivity contribution >= 4 is 11.6 Å². The van der Waals surface area contributed by atoms with Crippen LogP contribution in [0.1, 0.15) is 11.3 Å². The zero-order valence-electron chi connectivity index (χ0n) is 11.1. The van der Waals surface area contributed by atoms with E-state index in [1.165, 1.54) is 5.56 Å². The van der Waals surface area contributed by atoms with Crippen molar-refractivity contribution in [1.29, 1.82) is 0 Å². The van der Waals surface area contributed by atoms with Crippen LogP contribution in [0.4, 0.5) is 0 Å². The van der Waals surface area contributed by atoms with Gasteiger partial charge in [-0.05, 0) is 36.9 Å². The van der Waals surface area contributed by atoms with E-state index in [1.54, 1.807) is 19.4 Å². The maximum absolute atomic E-state index is 5.95. The Labute approximate surface area is 118 Å². The number of aromatic nitrogens is 1. The van der Waals surface area contributed by atoms with Gasteiger partial charge in [0, 0.05) is 24.3 Å². The van der Waals surface area contributed by atoms with Gasteiger partial charge < -0.3 is 4.74 Å². The molecule has 0 unspecified atom stereocenters. The predicted octanol–water partition coefficient (Wildman–Crippen LogP) is 3.38. The summed E-state index contributed by atoms with van der Waals surface area (Å²) < 4.78 is 5.14. The molecule has 2 aromatic rings. The Balaban J connectivity index is 1.95. The van der Waals surface area contributed by atoms with Crippen LogP contribution in [0.5, 0.6) is 5.75 Å². The van der Waals surface area contributed by atoms with Crippen LogP contribution in [0.15, 0.2) is 42.6 Å². The second kappa shape index (κ2) is 6.55. The van der Waals surface area contributed by atoms with Gasteiger partial charge in [0.2, 0.25) is 0 Å². The Morgan fingerprint density at radius 2 is 1.89 bits per heavy atom. The fourth-order valence-electron chi connectivity index (χ4n) is 1.91. The monoisotopic (exact) mass is 276 g/mol. The van der Waals surface area contributed by atoms with E-state index in [0.717, 1.165) is 29.6 Å². The highest BCUT2D eigenvalue weighted by Gasteiger charge is 2.03. The zero-order chi connectivity index (χ0) is 13.7. The molecule has 100 valence electrons. The first kappa shape index (κ1) is 13.8. The summed E-state index contributed by atoms with van der Waals surface area (Å²) in [6, 6.07) is 11.8. The van der Waals surface area contributed by atoms with E-state index >= 15 is 0 Å². The summed E-state index contributed by atoms with van der Waals surface area (Å²) in [6.45, 7) is 1.63. The fraction of sp³-hybridized carbons (Fsp3) is 0.267. The minimum absolute atomic E-state index is 0.725. The molecule has 0 atom stereocenters. The largest absolute Gasteiger partial charge is 0.497 e. The van der Waals surface area contributed by atoms with E-state index in [4.69, 9.17) is 16.3 Å². The molecule has 3 nitrogen and oxygen atoms in total. The Hall–Kier alpha value is -1.58. The minimum atomic E-state index is 0.725. The van der Waals surface area contributed by atoms with Crippen molar-refractivity contribution in [2.75, 3.05) is 14.2 Å². The highest BCUT2D eigenvalue weighted by Crippen LogP contribution is 2.14. The number of hydrogen-bond acceptors (Lipinski definition) is 3. The third-order valence-electron chi connectivity index (χ3n) is 2.82. The lowest BCUT2D eigenvalue weighted by Gasteiger charge is -2.16. The summed E-state index contributed by atoms with van der Waals surface area (Å²) in [5, 5.41) is 0.725. The maximum atomic E-state index is 5.95. The molecule has 1 aromatic carbocycles. The molecule has 4 heteroatoms. The summed E-state index contributed by atoms with van der Waals surface area (Å²) in [6.07, 6.45) is 1.74. The number of rotatable bonds is 5. The van der Waals surface area contributed by atoms with E-state index in [0.29, 0.717) is 0 Å². The number of hydrogen-bond donors (Lipinski definition) is 0. The number of pyridine rings is 1. The van der Waals surface area contributed by atoms with Crippen LogP contribution in [0.25, 0.3) is 0 Å². The van der Waals surface area contributed by atoms with E-state index in [1.807, 2.05) is 18.2 Å². The summed E-state index contributed by atoms with van der Waals surface area (Å²) >= 11 is 5.95. The minimum Gasteiger partial charge on any atom is -0.497 e. The van der Waals surface area contributed by atoms with Crippen molar-refractivity contribution in [2.24, 2.45) is 0 Å². The summed E-state index contributed by atoms with van der Waals surface area (Å²) in [5.74, 6) is 0.878. The lowest BCUT2D eigenvalue weighted by Crippen LogP contribution is -2.17. The number of ether oxygens (including phenoxy) is 1. The van der Waals surface area contributed by atoms with Crippen LogP contribution in [0.2, 0.25) is 5.02 Å². The fourth-order valence-corrected chi connectivity index (χ4v) is 2.09. The first-order valence-corrected chi connectivity index (χ1v) is 6.47. The van der Waals surface area contributed by atoms with E-state index in [-0.39, 0.29) is 0 Å². The molecule has 19 heavy (non-hydrogen) atoms. The van der Waals surface area contributed by atoms with Gasteiger partial charge >= 0.3 is 0 Å². The van der Waals surface area contributed by atoms with Gasteiger partial charge in [0.25, 0.3) is 0 Å². The normalized spacial score (nSPS) is 10.7. The molecule has 0 N–H and O–H groups in total. The van der Waals surface area contributed by atoms with Gasteiger partial charge in [0.15, 0.2) is 0 Å². The van der Waals surface area contributed by atoms with Gasteiger partial charge in [0.05, 0.1) is 12.8 Å². The lowest BCUT2D eigenvalue weighted by atomic mass is 10.2. The van der Waals surface area contributed by atoms with Crippen LogP contribution < -0.4 is 4.74 Å². The van der Waals surface area contributed by atoms with Crippen molar-refractivity contribution in [3.8, 4) is 5.75 Å². The molecule has 0 saturated heterocycles. The van der Waals surface area contributed by atoms with Crippen molar-refractivity contribution in [3.05, 3.63) is 58.9 Å². The first-order valence-electron chi connectivity index (χ1n) is 6.09. The van der Waals surface area contributed by atoms with Gasteiger partial charge in [-0.3, -0.25) is 9.88 Å². The van der Waals surface area contributed by atoms with Crippen molar-refractivity contribution in [2.45, 2.75) is 13.1 Å². The third kappa shape index (κ3) is 4.23. The second-order valence-electron chi connectivity index (χ2n) is 4.49. The first-order chi connectivity index (χ1) is 9.17. The molecular weight excluding hydrogens is 260 g/mol. The second-order valence-corrected chi connectivity index (χ2v) is 4.92. The Kier molecular flexibility index (Phi) is 4.77. The van der Waals surface area contributed by atoms with Gasteiger partial charge in [0.1, 0.15) is 5.75 Å². The number of benzene rings is 1. The van der Waals surface area contributed by atoms with Gasteiger partial charge in [-0.1, -0.05) is 23.7 Å². The third-order valence-corrected chi connectivity index (χ3v) is 3.06. The quantitative estimate of drug-likeness (QED) is 0.837. The summed E-state index contributed by atoms with van der Waals surface area (Å²) in [5.41, 5.74) is 2.22. The molecule has 0 aliphatic carbocycles. The molecule has 2 rings (SSSR count). The van der Waals surface area contributed by atoms with Crippen molar-refractivity contribution in [1.82, 2.24) is 9.88 Å². The van der Waals surface area contributed by atoms with E-state index in [2.05, 4.69) is 29.1 Å². The SMILES string of the molecule is COc1ccc(CN(C)Cc2cc(Cl)ccn2)cc1. The van der Waals surface area contributed by atoms with Crippen LogP contribution in [0.3, 0.4) is 0 Å². The van der Waals surface area contributed by atoms with Crippen molar-refractivity contribution in [3.63, 3.8) is 0 Å². The van der Waals surface area contributed by atoms with E-state index < -0.39 is 0 Å². The Morgan fingerprint density at radius 3 is 2.53 bits per heavy atom. The standard InChI is InChI=1S/C15H17ClN2O/c1-18(11-14-9-13(16)7-8-17-14)10-12-3-5-15(19-2)6-4-12/h3-9H,10-11H2,1-2H3. The molecule has 1 heterocycles. The lowest BCUT2D eigenvalue weighted by molar-refractivity contribution is 0.315. The van der Waals surface area contributed by atoms with Crippen LogP contribution in [-0.4, -0.2) is 24.0 Å². The van der Waals surface area contributed by atoms with Crippen LogP contribution in [0, 0.1) is 0 Å². The molecule has 0 amide bonds. The average molecular weight is 277 g/mol. The topological polar surface area (TPSA) is 25.4 Å². The van der Waals surface area contributed by atoms with Gasteiger partial charge in [-0.15, -0.1) is 0 Å². The zero-order valence-corrected chi connectivity index (χ0v) is 11.9. The summed E-state index contributed by atoms with van der Waals surface area (Å²) in [4.78, 5) is 6.50. The highest BCUT2D eigenvalue weighted by atomic mass is 35.5.